The van der Waals surface area contributed by atoms with Gasteiger partial charge in [0.1, 0.15) is 28.8 Å². The number of amides is 2. The molecule has 4 heterocycles. The number of nitrogens with zero attached hydrogens (tertiary/aromatic N) is 5. The lowest BCUT2D eigenvalue weighted by Crippen LogP contribution is -2.45. The predicted octanol–water partition coefficient (Wildman–Crippen LogP) is 5.94. The fourth-order valence-corrected chi connectivity index (χ4v) is 9.15. The Balaban J connectivity index is 0.978. The quantitative estimate of drug-likeness (QED) is 0.0788. The van der Waals surface area contributed by atoms with Crippen molar-refractivity contribution in [2.24, 2.45) is 11.7 Å². The van der Waals surface area contributed by atoms with E-state index < -0.39 is 32.5 Å². The molecule has 0 aliphatic carbocycles. The van der Waals surface area contributed by atoms with E-state index in [4.69, 9.17) is 15.2 Å². The molecule has 2 aliphatic rings. The molecule has 0 radical (unpaired) electrons. The molecule has 0 saturated carbocycles. The molecule has 2 aromatic heterocycles. The minimum absolute atomic E-state index is 0.00657. The molecule has 15 nitrogen and oxygen atoms in total. The SMILES string of the molecule is COC(=O)CC[C@@H](C(N)=O)N1Cc2c(CCCCCCN3CCC(COc4cc5ncnc(Nc6n[nH]c(C)c6C)c5cc4S(=O)(=O)C(C)(C)C)CC3)cccc2C1=O. The standard InChI is InChI=1S/C43H58N8O7S/c1-27-28(2)48-49-40(27)47-41-32-22-37(59(55,56)43(3,4)5)36(23-34(32)45-26-46-41)58-25-29-17-20-50(21-18-29)19-10-8-7-9-12-30-13-11-14-31-33(30)24-51(42(31)54)35(39(44)53)15-16-38(52)57-6/h11,13-14,22-23,26,29,35H,7-10,12,15-21,24-25H2,1-6H3,(H2,44,53)(H2,45,46,47,48,49)/t35-/m0/s1. The van der Waals surface area contributed by atoms with Crippen LogP contribution in [-0.2, 0) is 37.1 Å². The summed E-state index contributed by atoms with van der Waals surface area (Å²) < 4.78 is 37.9. The maximum Gasteiger partial charge on any atom is 0.305 e. The molecule has 2 amide bonds. The number of nitrogens with two attached hydrogens (primary N) is 1. The molecule has 2 aliphatic heterocycles. The summed E-state index contributed by atoms with van der Waals surface area (Å²) in [5, 5.41) is 11.1. The van der Waals surface area contributed by atoms with Crippen LogP contribution in [0.15, 0.2) is 41.6 Å². The Morgan fingerprint density at radius 3 is 2.47 bits per heavy atom. The predicted molar refractivity (Wildman–Crippen MR) is 225 cm³/mol. The van der Waals surface area contributed by atoms with Gasteiger partial charge in [-0.15, -0.1) is 0 Å². The molecule has 4 N–H and O–H groups in total. The number of aromatic amines is 1. The van der Waals surface area contributed by atoms with E-state index in [0.717, 1.165) is 87.0 Å². The van der Waals surface area contributed by atoms with E-state index in [9.17, 15) is 22.8 Å². The number of carbonyl (C=O) groups is 3. The lowest BCUT2D eigenvalue weighted by atomic mass is 9.97. The van der Waals surface area contributed by atoms with Gasteiger partial charge in [0.15, 0.2) is 15.7 Å². The van der Waals surface area contributed by atoms with Crippen LogP contribution in [0.5, 0.6) is 5.75 Å². The molecule has 0 bridgehead atoms. The number of methoxy groups -OCH3 is 1. The van der Waals surface area contributed by atoms with Crippen molar-refractivity contribution in [1.82, 2.24) is 30.0 Å². The van der Waals surface area contributed by atoms with Crippen LogP contribution in [0.4, 0.5) is 11.6 Å². The number of benzene rings is 2. The first-order valence-electron chi connectivity index (χ1n) is 20.5. The summed E-state index contributed by atoms with van der Waals surface area (Å²) in [6.07, 6.45) is 8.57. The second-order valence-electron chi connectivity index (χ2n) is 16.8. The average Bonchev–Trinajstić information content (AvgIpc) is 3.71. The number of hydrogen-bond acceptors (Lipinski definition) is 12. The van der Waals surface area contributed by atoms with E-state index in [2.05, 4.69) is 36.4 Å². The Morgan fingerprint density at radius 2 is 1.80 bits per heavy atom. The Hall–Kier alpha value is -5.09. The summed E-state index contributed by atoms with van der Waals surface area (Å²) in [7, 11) is -2.50. The van der Waals surface area contributed by atoms with Crippen molar-refractivity contribution in [3.63, 3.8) is 0 Å². The fraction of sp³-hybridized carbons (Fsp3) is 0.535. The average molecular weight is 831 g/mol. The molecular weight excluding hydrogens is 773 g/mol. The van der Waals surface area contributed by atoms with E-state index in [1.54, 1.807) is 39.0 Å². The Kier molecular flexibility index (Phi) is 13.6. The van der Waals surface area contributed by atoms with Crippen molar-refractivity contribution in [1.29, 1.82) is 0 Å². The molecule has 318 valence electrons. The van der Waals surface area contributed by atoms with Gasteiger partial charge in [0, 0.05) is 41.2 Å². The van der Waals surface area contributed by atoms with Crippen molar-refractivity contribution in [2.45, 2.75) is 115 Å². The third-order valence-electron chi connectivity index (χ3n) is 11.8. The van der Waals surface area contributed by atoms with Gasteiger partial charge in [-0.3, -0.25) is 19.5 Å². The number of aryl methyl sites for hydroxylation is 2. The number of esters is 1. The highest BCUT2D eigenvalue weighted by molar-refractivity contribution is 7.92. The molecule has 59 heavy (non-hydrogen) atoms. The number of hydrogen-bond donors (Lipinski definition) is 3. The van der Waals surface area contributed by atoms with Crippen LogP contribution in [0.3, 0.4) is 0 Å². The number of anilines is 2. The van der Waals surface area contributed by atoms with Gasteiger partial charge in [-0.25, -0.2) is 18.4 Å². The zero-order valence-corrected chi connectivity index (χ0v) is 35.9. The largest absolute Gasteiger partial charge is 0.492 e. The van der Waals surface area contributed by atoms with E-state index in [1.165, 1.54) is 18.3 Å². The molecule has 1 saturated heterocycles. The zero-order valence-electron chi connectivity index (χ0n) is 35.1. The van der Waals surface area contributed by atoms with E-state index in [1.807, 2.05) is 19.9 Å². The number of ether oxygens (including phenoxy) is 2. The molecule has 0 unspecified atom stereocenters. The van der Waals surface area contributed by atoms with Crippen LogP contribution in [0.25, 0.3) is 10.9 Å². The lowest BCUT2D eigenvalue weighted by molar-refractivity contribution is -0.141. The first-order valence-corrected chi connectivity index (χ1v) is 22.0. The molecule has 0 spiro atoms. The molecule has 6 rings (SSSR count). The van der Waals surface area contributed by atoms with Crippen molar-refractivity contribution in [2.75, 3.05) is 38.7 Å². The van der Waals surface area contributed by atoms with Crippen molar-refractivity contribution >= 4 is 50.2 Å². The van der Waals surface area contributed by atoms with Gasteiger partial charge < -0.3 is 30.3 Å². The third-order valence-corrected chi connectivity index (χ3v) is 14.3. The molecule has 2 aromatic carbocycles. The first kappa shape index (κ1) is 43.5. The van der Waals surface area contributed by atoms with Gasteiger partial charge in [-0.2, -0.15) is 5.10 Å². The fourth-order valence-electron chi connectivity index (χ4n) is 7.84. The zero-order chi connectivity index (χ0) is 42.5. The Labute approximate surface area is 346 Å². The number of sulfone groups is 1. The number of carbonyl (C=O) groups excluding carboxylic acids is 3. The number of piperidine rings is 1. The molecule has 4 aromatic rings. The van der Waals surface area contributed by atoms with Crippen LogP contribution in [0, 0.1) is 19.8 Å². The van der Waals surface area contributed by atoms with Gasteiger partial charge in [0.05, 0.1) is 24.0 Å². The van der Waals surface area contributed by atoms with Crippen molar-refractivity contribution < 1.29 is 32.3 Å². The maximum absolute atomic E-state index is 13.9. The highest BCUT2D eigenvalue weighted by Gasteiger charge is 2.37. The summed E-state index contributed by atoms with van der Waals surface area (Å²) in [4.78, 5) is 50.2. The van der Waals surface area contributed by atoms with E-state index in [0.29, 0.717) is 52.9 Å². The Morgan fingerprint density at radius 1 is 1.05 bits per heavy atom. The van der Waals surface area contributed by atoms with Crippen LogP contribution in [-0.4, -0.2) is 100 Å². The molecule has 1 atom stereocenters. The second kappa shape index (κ2) is 18.4. The van der Waals surface area contributed by atoms with Gasteiger partial charge in [-0.1, -0.05) is 25.0 Å². The van der Waals surface area contributed by atoms with Crippen LogP contribution in [0.1, 0.15) is 105 Å². The summed E-state index contributed by atoms with van der Waals surface area (Å²) in [6, 6.07) is 8.21. The number of primary amides is 1. The van der Waals surface area contributed by atoms with Gasteiger partial charge in [-0.05, 0) is 122 Å². The summed E-state index contributed by atoms with van der Waals surface area (Å²) in [5.41, 5.74) is 10.7. The normalized spacial score (nSPS) is 15.7. The summed E-state index contributed by atoms with van der Waals surface area (Å²) in [6.45, 7) is 12.6. The summed E-state index contributed by atoms with van der Waals surface area (Å²) in [5.74, 6) is 0.368. The highest BCUT2D eigenvalue weighted by atomic mass is 32.2. The molecule has 1 fully saturated rings. The van der Waals surface area contributed by atoms with Crippen molar-refractivity contribution in [3.05, 3.63) is 64.6 Å². The highest BCUT2D eigenvalue weighted by Crippen LogP contribution is 2.38. The minimum Gasteiger partial charge on any atom is -0.492 e. The Bertz CT molecular complexity index is 2280. The number of nitrogens with one attached hydrogen (secondary N) is 2. The minimum atomic E-state index is -3.79. The number of rotatable bonds is 18. The number of H-pyrrole nitrogens is 1. The number of unbranched alkanes of at least 4 members (excludes halogenated alkanes) is 3. The second-order valence-corrected chi connectivity index (χ2v) is 19.4. The number of aromatic nitrogens is 4. The van der Waals surface area contributed by atoms with Gasteiger partial charge in [0.25, 0.3) is 5.91 Å². The number of fused-ring (bicyclic) bond motifs is 2. The molecular formula is C43H58N8O7S. The smallest absolute Gasteiger partial charge is 0.305 e. The summed E-state index contributed by atoms with van der Waals surface area (Å²) >= 11 is 0. The van der Waals surface area contributed by atoms with Gasteiger partial charge >= 0.3 is 5.97 Å². The number of likely N-dealkylation sites (tertiary alicyclic amines) is 1. The van der Waals surface area contributed by atoms with Gasteiger partial charge in [0.2, 0.25) is 5.91 Å². The van der Waals surface area contributed by atoms with Crippen LogP contribution >= 0.6 is 0 Å². The monoisotopic (exact) mass is 830 g/mol. The topological polar surface area (TPSA) is 203 Å². The third kappa shape index (κ3) is 9.86. The van der Waals surface area contributed by atoms with Crippen LogP contribution in [0.2, 0.25) is 0 Å². The van der Waals surface area contributed by atoms with Crippen LogP contribution < -0.4 is 15.8 Å². The van der Waals surface area contributed by atoms with E-state index in [-0.39, 0.29) is 23.6 Å². The maximum atomic E-state index is 13.9. The van der Waals surface area contributed by atoms with E-state index >= 15 is 0 Å². The first-order chi connectivity index (χ1) is 28.1. The molecule has 16 heteroatoms. The lowest BCUT2D eigenvalue weighted by Gasteiger charge is -2.32. The van der Waals surface area contributed by atoms with Crippen molar-refractivity contribution in [3.8, 4) is 5.75 Å².